The largest absolute Gasteiger partial charge is 0.336 e. The molecule has 0 unspecified atom stereocenters. The molecule has 232 valence electrons. The van der Waals surface area contributed by atoms with Crippen molar-refractivity contribution >= 4 is 17.8 Å². The molecule has 4 aromatic rings. The first kappa shape index (κ1) is 30.6. The Labute approximate surface area is 270 Å². The number of piperazine rings is 1. The van der Waals surface area contributed by atoms with Gasteiger partial charge in [0.1, 0.15) is 12.2 Å². The molecule has 0 aliphatic carbocycles. The van der Waals surface area contributed by atoms with E-state index >= 15 is 0 Å². The Morgan fingerprint density at radius 2 is 1.35 bits per heavy atom. The number of terminal acetylenes is 1. The molecule has 0 spiro atoms. The van der Waals surface area contributed by atoms with Gasteiger partial charge in [-0.3, -0.25) is 9.59 Å². The molecule has 0 radical (unpaired) electrons. The third-order valence-corrected chi connectivity index (χ3v) is 8.68. The maximum absolute atomic E-state index is 14.5. The van der Waals surface area contributed by atoms with E-state index in [0.717, 1.165) is 22.3 Å². The van der Waals surface area contributed by atoms with Crippen molar-refractivity contribution in [2.24, 2.45) is 0 Å². The van der Waals surface area contributed by atoms with Crippen LogP contribution in [0.3, 0.4) is 0 Å². The first-order valence-corrected chi connectivity index (χ1v) is 15.6. The van der Waals surface area contributed by atoms with Gasteiger partial charge in [0.05, 0.1) is 19.6 Å². The number of carbonyl (C=O) groups is 3. The van der Waals surface area contributed by atoms with Gasteiger partial charge in [-0.05, 0) is 22.3 Å². The van der Waals surface area contributed by atoms with Crippen molar-refractivity contribution in [3.63, 3.8) is 0 Å². The van der Waals surface area contributed by atoms with Gasteiger partial charge in [0.25, 0.3) is 0 Å². The molecule has 2 aliphatic rings. The Hall–Kier alpha value is -5.39. The van der Waals surface area contributed by atoms with Crippen LogP contribution in [0.25, 0.3) is 0 Å². The molecule has 0 saturated carbocycles. The van der Waals surface area contributed by atoms with E-state index in [9.17, 15) is 14.4 Å². The lowest BCUT2D eigenvalue weighted by atomic mass is 9.89. The SMILES string of the molecule is C#CCN1CC(=O)N2[C@@H](Cc3ccccc3)C(=O)N(CC(c3ccccc3)c3ccccc3)C[C@@H]2N1C(=O)NCc1ccccc1. The second-order valence-corrected chi connectivity index (χ2v) is 11.6. The topological polar surface area (TPSA) is 76.2 Å². The van der Waals surface area contributed by atoms with Crippen molar-refractivity contribution in [3.05, 3.63) is 144 Å². The monoisotopic (exact) mass is 611 g/mol. The summed E-state index contributed by atoms with van der Waals surface area (Å²) in [5, 5.41) is 6.19. The summed E-state index contributed by atoms with van der Waals surface area (Å²) >= 11 is 0. The molecular weight excluding hydrogens is 574 g/mol. The highest BCUT2D eigenvalue weighted by molar-refractivity contribution is 5.91. The predicted octanol–water partition coefficient (Wildman–Crippen LogP) is 4.50. The number of benzene rings is 4. The van der Waals surface area contributed by atoms with Gasteiger partial charge in [-0.1, -0.05) is 127 Å². The average molecular weight is 612 g/mol. The van der Waals surface area contributed by atoms with E-state index < -0.39 is 12.2 Å². The Morgan fingerprint density at radius 3 is 1.91 bits per heavy atom. The Balaban J connectivity index is 1.37. The van der Waals surface area contributed by atoms with Crippen LogP contribution < -0.4 is 5.32 Å². The number of nitrogens with one attached hydrogen (secondary N) is 1. The zero-order valence-electron chi connectivity index (χ0n) is 25.6. The molecule has 2 fully saturated rings. The number of hydrazine groups is 1. The van der Waals surface area contributed by atoms with Gasteiger partial charge >= 0.3 is 6.03 Å². The normalized spacial score (nSPS) is 18.3. The van der Waals surface area contributed by atoms with Gasteiger partial charge in [-0.2, -0.15) is 5.01 Å². The van der Waals surface area contributed by atoms with Gasteiger partial charge in [0.15, 0.2) is 0 Å². The molecular formula is C38H37N5O3. The fourth-order valence-corrected chi connectivity index (χ4v) is 6.49. The van der Waals surface area contributed by atoms with Gasteiger partial charge < -0.3 is 15.1 Å². The number of carbonyl (C=O) groups excluding carboxylic acids is 3. The smallest absolute Gasteiger partial charge is 0.334 e. The number of rotatable bonds is 9. The van der Waals surface area contributed by atoms with E-state index in [1.165, 1.54) is 0 Å². The lowest BCUT2D eigenvalue weighted by molar-refractivity contribution is -0.188. The molecule has 4 aromatic carbocycles. The van der Waals surface area contributed by atoms with E-state index in [-0.39, 0.29) is 43.4 Å². The van der Waals surface area contributed by atoms with Crippen LogP contribution in [0.2, 0.25) is 0 Å². The second-order valence-electron chi connectivity index (χ2n) is 11.6. The van der Waals surface area contributed by atoms with Crippen molar-refractivity contribution in [2.75, 3.05) is 26.2 Å². The predicted molar refractivity (Wildman–Crippen MR) is 177 cm³/mol. The van der Waals surface area contributed by atoms with Crippen LogP contribution in [-0.4, -0.2) is 76.0 Å². The van der Waals surface area contributed by atoms with Gasteiger partial charge in [0.2, 0.25) is 11.8 Å². The third kappa shape index (κ3) is 6.65. The van der Waals surface area contributed by atoms with Crippen LogP contribution in [0, 0.1) is 12.3 Å². The highest BCUT2D eigenvalue weighted by atomic mass is 16.2. The molecule has 6 rings (SSSR count). The standard InChI is InChI=1S/C38H37N5O3/c1-2-23-41-28-36(44)42-34(24-29-15-7-3-8-16-29)37(45)40(26-33(31-19-11-5-12-20-31)32-21-13-6-14-22-32)27-35(42)43(41)38(46)39-25-30-17-9-4-10-18-30/h1,3-22,33-35H,23-28H2,(H,39,46)/t34-,35-/m0/s1. The third-order valence-electron chi connectivity index (χ3n) is 8.68. The summed E-state index contributed by atoms with van der Waals surface area (Å²) in [5.41, 5.74) is 4.03. The van der Waals surface area contributed by atoms with Crippen LogP contribution in [0.15, 0.2) is 121 Å². The molecule has 4 amide bonds. The molecule has 8 nitrogen and oxygen atoms in total. The van der Waals surface area contributed by atoms with E-state index in [1.807, 2.05) is 102 Å². The van der Waals surface area contributed by atoms with Gasteiger partial charge in [0, 0.05) is 25.4 Å². The van der Waals surface area contributed by atoms with Crippen molar-refractivity contribution in [2.45, 2.75) is 31.1 Å². The summed E-state index contributed by atoms with van der Waals surface area (Å²) in [7, 11) is 0. The van der Waals surface area contributed by atoms with Crippen LogP contribution >= 0.6 is 0 Å². The highest BCUT2D eigenvalue weighted by Gasteiger charge is 2.51. The number of amides is 4. The quantitative estimate of drug-likeness (QED) is 0.283. The first-order valence-electron chi connectivity index (χ1n) is 15.6. The fourth-order valence-electron chi connectivity index (χ4n) is 6.49. The average Bonchev–Trinajstić information content (AvgIpc) is 3.09. The van der Waals surface area contributed by atoms with E-state index in [1.54, 1.807) is 14.9 Å². The van der Waals surface area contributed by atoms with Crippen LogP contribution in [-0.2, 0) is 22.6 Å². The Morgan fingerprint density at radius 1 is 0.804 bits per heavy atom. The summed E-state index contributed by atoms with van der Waals surface area (Å²) in [6, 6.07) is 38.4. The summed E-state index contributed by atoms with van der Waals surface area (Å²) in [6.45, 7) is 0.801. The number of urea groups is 1. The van der Waals surface area contributed by atoms with Gasteiger partial charge in [-0.15, -0.1) is 6.42 Å². The Kier molecular flexibility index (Phi) is 9.42. The molecule has 2 aliphatic heterocycles. The Bertz CT molecular complexity index is 1640. The van der Waals surface area contributed by atoms with Crippen LogP contribution in [0.4, 0.5) is 4.79 Å². The maximum Gasteiger partial charge on any atom is 0.334 e. The lowest BCUT2D eigenvalue weighted by Crippen LogP contribution is -2.76. The number of hydrogen-bond donors (Lipinski definition) is 1. The molecule has 1 N–H and O–H groups in total. The lowest BCUT2D eigenvalue weighted by Gasteiger charge is -2.55. The minimum absolute atomic E-state index is 0.0722. The van der Waals surface area contributed by atoms with Crippen LogP contribution in [0.5, 0.6) is 0 Å². The minimum Gasteiger partial charge on any atom is -0.336 e. The zero-order valence-corrected chi connectivity index (χ0v) is 25.6. The summed E-state index contributed by atoms with van der Waals surface area (Å²) < 4.78 is 0. The number of hydrogen-bond acceptors (Lipinski definition) is 4. The second kappa shape index (κ2) is 14.1. The first-order chi connectivity index (χ1) is 22.5. The maximum atomic E-state index is 14.5. The fraction of sp³-hybridized carbons (Fsp3) is 0.237. The molecule has 2 saturated heterocycles. The summed E-state index contributed by atoms with van der Waals surface area (Å²) in [6.07, 6.45) is 5.32. The zero-order chi connectivity index (χ0) is 31.9. The molecule has 2 atom stereocenters. The number of fused-ring (bicyclic) bond motifs is 1. The molecule has 0 aromatic heterocycles. The molecule has 46 heavy (non-hydrogen) atoms. The van der Waals surface area contributed by atoms with Crippen molar-refractivity contribution in [1.82, 2.24) is 25.1 Å². The molecule has 2 heterocycles. The molecule has 8 heteroatoms. The van der Waals surface area contributed by atoms with Crippen LogP contribution in [0.1, 0.15) is 28.2 Å². The minimum atomic E-state index is -0.793. The summed E-state index contributed by atoms with van der Waals surface area (Å²) in [4.78, 5) is 45.8. The molecule has 0 bridgehead atoms. The highest BCUT2D eigenvalue weighted by Crippen LogP contribution is 2.32. The van der Waals surface area contributed by atoms with E-state index in [4.69, 9.17) is 6.42 Å². The van der Waals surface area contributed by atoms with Gasteiger partial charge in [-0.25, -0.2) is 9.80 Å². The van der Waals surface area contributed by atoms with Crippen molar-refractivity contribution in [1.29, 1.82) is 0 Å². The summed E-state index contributed by atoms with van der Waals surface area (Å²) in [5.74, 6) is 2.13. The van der Waals surface area contributed by atoms with Crippen molar-refractivity contribution in [3.8, 4) is 12.3 Å². The van der Waals surface area contributed by atoms with E-state index in [2.05, 4.69) is 35.5 Å². The van der Waals surface area contributed by atoms with E-state index in [0.29, 0.717) is 19.5 Å². The number of nitrogens with zero attached hydrogens (tertiary/aromatic N) is 4. The van der Waals surface area contributed by atoms with Crippen molar-refractivity contribution < 1.29 is 14.4 Å².